The number of rotatable bonds is 2. The van der Waals surface area contributed by atoms with Gasteiger partial charge in [-0.05, 0) is 27.2 Å². The predicted molar refractivity (Wildman–Crippen MR) is 82.6 cm³/mol. The van der Waals surface area contributed by atoms with E-state index in [-0.39, 0.29) is 17.7 Å². The van der Waals surface area contributed by atoms with Crippen molar-refractivity contribution in [1.82, 2.24) is 9.88 Å². The highest BCUT2D eigenvalue weighted by Crippen LogP contribution is 2.49. The molecule has 1 aliphatic heterocycles. The van der Waals surface area contributed by atoms with E-state index in [4.69, 9.17) is 15.2 Å². The van der Waals surface area contributed by atoms with Gasteiger partial charge in [-0.25, -0.2) is 4.79 Å². The molecule has 6 nitrogen and oxygen atoms in total. The highest BCUT2D eigenvalue weighted by molar-refractivity contribution is 5.71. The van der Waals surface area contributed by atoms with E-state index < -0.39 is 5.60 Å². The minimum atomic E-state index is -0.459. The predicted octanol–water partition coefficient (Wildman–Crippen LogP) is 2.58. The number of hydrogen-bond acceptors (Lipinski definition) is 5. The van der Waals surface area contributed by atoms with Crippen LogP contribution in [0.3, 0.4) is 0 Å². The summed E-state index contributed by atoms with van der Waals surface area (Å²) in [4.78, 5) is 18.0. The fourth-order valence-electron chi connectivity index (χ4n) is 3.12. The second-order valence-electron chi connectivity index (χ2n) is 7.17. The summed E-state index contributed by atoms with van der Waals surface area (Å²) in [6.07, 6.45) is 5.78. The van der Waals surface area contributed by atoms with E-state index in [9.17, 15) is 4.79 Å². The van der Waals surface area contributed by atoms with Crippen molar-refractivity contribution in [3.63, 3.8) is 0 Å². The number of nitrogen functional groups attached to an aromatic ring is 1. The molecule has 2 heterocycles. The average Bonchev–Trinajstić information content (AvgIpc) is 2.31. The van der Waals surface area contributed by atoms with Crippen LogP contribution in [0.25, 0.3) is 0 Å². The largest absolute Gasteiger partial charge is 0.488 e. The SMILES string of the molecule is CC(C)(C)OC(=O)N1CC[C@]12C[C@@H](Oc1ccncc1N)C2. The molecule has 1 saturated heterocycles. The van der Waals surface area contributed by atoms with Crippen LogP contribution in [0.15, 0.2) is 18.5 Å². The van der Waals surface area contributed by atoms with Crippen molar-refractivity contribution in [3.8, 4) is 5.75 Å². The highest BCUT2D eigenvalue weighted by Gasteiger charge is 2.57. The van der Waals surface area contributed by atoms with Gasteiger partial charge in [0.25, 0.3) is 0 Å². The first kappa shape index (κ1) is 14.9. The van der Waals surface area contributed by atoms with E-state index in [1.807, 2.05) is 25.7 Å². The Kier molecular flexibility index (Phi) is 3.42. The van der Waals surface area contributed by atoms with E-state index in [2.05, 4.69) is 4.98 Å². The molecule has 0 aromatic carbocycles. The van der Waals surface area contributed by atoms with E-state index in [1.165, 1.54) is 0 Å². The summed E-state index contributed by atoms with van der Waals surface area (Å²) in [6, 6.07) is 1.77. The van der Waals surface area contributed by atoms with Gasteiger partial charge in [0.05, 0.1) is 17.4 Å². The molecule has 120 valence electrons. The molecule has 2 aliphatic rings. The number of nitrogens with two attached hydrogens (primary N) is 1. The van der Waals surface area contributed by atoms with Gasteiger partial charge in [-0.1, -0.05) is 0 Å². The normalized spacial score (nSPS) is 27.0. The molecule has 1 saturated carbocycles. The quantitative estimate of drug-likeness (QED) is 0.908. The smallest absolute Gasteiger partial charge is 0.410 e. The van der Waals surface area contributed by atoms with E-state index >= 15 is 0 Å². The van der Waals surface area contributed by atoms with Gasteiger partial charge in [-0.15, -0.1) is 0 Å². The topological polar surface area (TPSA) is 77.7 Å². The molecule has 22 heavy (non-hydrogen) atoms. The number of carbonyl (C=O) groups excluding carboxylic acids is 1. The number of aromatic nitrogens is 1. The highest BCUT2D eigenvalue weighted by atomic mass is 16.6. The minimum absolute atomic E-state index is 0.0746. The first-order chi connectivity index (χ1) is 10.3. The van der Waals surface area contributed by atoms with Crippen LogP contribution in [0.2, 0.25) is 0 Å². The molecule has 1 amide bonds. The van der Waals surface area contributed by atoms with Crippen LogP contribution in [0, 0.1) is 0 Å². The Morgan fingerprint density at radius 1 is 1.45 bits per heavy atom. The van der Waals surface area contributed by atoms with Gasteiger partial charge >= 0.3 is 6.09 Å². The number of ether oxygens (including phenoxy) is 2. The molecule has 2 fully saturated rings. The molecule has 6 heteroatoms. The molecule has 1 aromatic rings. The van der Waals surface area contributed by atoms with Crippen molar-refractivity contribution in [3.05, 3.63) is 18.5 Å². The molecule has 0 radical (unpaired) electrons. The van der Waals surface area contributed by atoms with Crippen molar-refractivity contribution in [1.29, 1.82) is 0 Å². The van der Waals surface area contributed by atoms with Crippen molar-refractivity contribution in [2.24, 2.45) is 0 Å². The number of pyridine rings is 1. The Bertz CT molecular complexity index is 576. The van der Waals surface area contributed by atoms with Gasteiger partial charge in [-0.2, -0.15) is 0 Å². The first-order valence-corrected chi connectivity index (χ1v) is 7.66. The summed E-state index contributed by atoms with van der Waals surface area (Å²) in [7, 11) is 0. The van der Waals surface area contributed by atoms with Crippen LogP contribution in [-0.4, -0.2) is 39.8 Å². The number of anilines is 1. The maximum absolute atomic E-state index is 12.2. The van der Waals surface area contributed by atoms with Gasteiger partial charge in [0.1, 0.15) is 17.5 Å². The lowest BCUT2D eigenvalue weighted by Gasteiger charge is -2.60. The van der Waals surface area contributed by atoms with Crippen LogP contribution in [0.4, 0.5) is 10.5 Å². The Labute approximate surface area is 130 Å². The maximum atomic E-state index is 12.2. The Hall–Kier alpha value is -1.98. The van der Waals surface area contributed by atoms with Crippen molar-refractivity contribution in [2.75, 3.05) is 12.3 Å². The fraction of sp³-hybridized carbons (Fsp3) is 0.625. The second-order valence-corrected chi connectivity index (χ2v) is 7.17. The van der Waals surface area contributed by atoms with E-state index in [0.717, 1.165) is 25.8 Å². The second kappa shape index (κ2) is 5.04. The Balaban J connectivity index is 1.56. The lowest BCUT2D eigenvalue weighted by atomic mass is 9.66. The van der Waals surface area contributed by atoms with Crippen LogP contribution in [0.5, 0.6) is 5.75 Å². The molecule has 1 aliphatic carbocycles. The molecule has 0 atom stereocenters. The number of hydrogen-bond donors (Lipinski definition) is 1. The number of likely N-dealkylation sites (tertiary alicyclic amines) is 1. The summed E-state index contributed by atoms with van der Waals surface area (Å²) in [5, 5.41) is 0. The third-order valence-electron chi connectivity index (χ3n) is 4.31. The van der Waals surface area contributed by atoms with Crippen LogP contribution in [0.1, 0.15) is 40.0 Å². The van der Waals surface area contributed by atoms with Crippen molar-refractivity contribution in [2.45, 2.75) is 57.3 Å². The van der Waals surface area contributed by atoms with E-state index in [0.29, 0.717) is 11.4 Å². The molecular weight excluding hydrogens is 282 g/mol. The zero-order valence-electron chi connectivity index (χ0n) is 13.3. The molecule has 1 spiro atoms. The van der Waals surface area contributed by atoms with Crippen molar-refractivity contribution >= 4 is 11.8 Å². The maximum Gasteiger partial charge on any atom is 0.410 e. The third-order valence-corrected chi connectivity index (χ3v) is 4.31. The summed E-state index contributed by atoms with van der Waals surface area (Å²) in [5.41, 5.74) is 5.84. The van der Waals surface area contributed by atoms with Gasteiger partial charge in [0.15, 0.2) is 0 Å². The van der Waals surface area contributed by atoms with Gasteiger partial charge in [0.2, 0.25) is 0 Å². The Morgan fingerprint density at radius 3 is 2.73 bits per heavy atom. The molecule has 0 bridgehead atoms. The molecular formula is C16H23N3O3. The lowest BCUT2D eigenvalue weighted by Crippen LogP contribution is -2.70. The molecule has 0 unspecified atom stereocenters. The summed E-state index contributed by atoms with van der Waals surface area (Å²) >= 11 is 0. The summed E-state index contributed by atoms with van der Waals surface area (Å²) in [5.74, 6) is 0.665. The summed E-state index contributed by atoms with van der Waals surface area (Å²) in [6.45, 7) is 6.42. The first-order valence-electron chi connectivity index (χ1n) is 7.66. The minimum Gasteiger partial charge on any atom is -0.488 e. The van der Waals surface area contributed by atoms with Crippen molar-refractivity contribution < 1.29 is 14.3 Å². The number of amides is 1. The van der Waals surface area contributed by atoms with Crippen LogP contribution in [-0.2, 0) is 4.74 Å². The van der Waals surface area contributed by atoms with Gasteiger partial charge < -0.3 is 20.1 Å². The average molecular weight is 305 g/mol. The van der Waals surface area contributed by atoms with Gasteiger partial charge in [0, 0.05) is 31.6 Å². The van der Waals surface area contributed by atoms with E-state index in [1.54, 1.807) is 18.5 Å². The number of nitrogens with zero attached hydrogens (tertiary/aromatic N) is 2. The van der Waals surface area contributed by atoms with Crippen LogP contribution >= 0.6 is 0 Å². The lowest BCUT2D eigenvalue weighted by molar-refractivity contribution is -0.121. The fourth-order valence-corrected chi connectivity index (χ4v) is 3.12. The van der Waals surface area contributed by atoms with Gasteiger partial charge in [-0.3, -0.25) is 4.98 Å². The molecule has 2 N–H and O–H groups in total. The monoisotopic (exact) mass is 305 g/mol. The zero-order valence-corrected chi connectivity index (χ0v) is 13.3. The zero-order chi connectivity index (χ0) is 16.0. The molecule has 1 aromatic heterocycles. The molecule has 3 rings (SSSR count). The number of carbonyl (C=O) groups is 1. The standard InChI is InChI=1S/C16H23N3O3/c1-15(2,3)22-14(20)19-7-5-16(19)8-11(9-16)21-13-4-6-18-10-12(13)17/h4,6,10-11H,5,7-9,17H2,1-3H3/t11-,16-. The van der Waals surface area contributed by atoms with Crippen LogP contribution < -0.4 is 10.5 Å². The Morgan fingerprint density at radius 2 is 2.18 bits per heavy atom. The summed E-state index contributed by atoms with van der Waals surface area (Å²) < 4.78 is 11.4. The third kappa shape index (κ3) is 2.69.